The lowest BCUT2D eigenvalue weighted by atomic mass is 10.2. The van der Waals surface area contributed by atoms with E-state index in [2.05, 4.69) is 35.2 Å². The van der Waals surface area contributed by atoms with Crippen molar-refractivity contribution in [3.8, 4) is 11.4 Å². The molecule has 4 aromatic rings. The van der Waals surface area contributed by atoms with Gasteiger partial charge in [0.15, 0.2) is 17.3 Å². The maximum atomic E-state index is 13.4. The van der Waals surface area contributed by atoms with Crippen LogP contribution in [-0.4, -0.2) is 69.7 Å². The van der Waals surface area contributed by atoms with Crippen LogP contribution in [0.4, 0.5) is 24.8 Å². The monoisotopic (exact) mass is 554 g/mol. The Morgan fingerprint density at radius 3 is 2.52 bits per heavy atom. The number of hydrogen-bond donors (Lipinski definition) is 2. The van der Waals surface area contributed by atoms with E-state index in [1.807, 2.05) is 0 Å². The van der Waals surface area contributed by atoms with E-state index in [0.717, 1.165) is 12.4 Å². The third kappa shape index (κ3) is 5.03. The van der Waals surface area contributed by atoms with Crippen molar-refractivity contribution < 1.29 is 27.9 Å². The van der Waals surface area contributed by atoms with Crippen molar-refractivity contribution in [1.82, 2.24) is 39.4 Å². The van der Waals surface area contributed by atoms with E-state index in [1.165, 1.54) is 33.0 Å². The van der Waals surface area contributed by atoms with Gasteiger partial charge in [-0.2, -0.15) is 13.2 Å². The summed E-state index contributed by atoms with van der Waals surface area (Å²) in [4.78, 5) is 52.4. The fourth-order valence-electron chi connectivity index (χ4n) is 4.00. The van der Waals surface area contributed by atoms with Crippen LogP contribution in [0.25, 0.3) is 11.4 Å². The van der Waals surface area contributed by atoms with E-state index in [1.54, 1.807) is 38.4 Å². The summed E-state index contributed by atoms with van der Waals surface area (Å²) >= 11 is 0. The number of aromatic nitrogens is 7. The Morgan fingerprint density at radius 2 is 1.85 bits per heavy atom. The Labute approximate surface area is 224 Å². The quantitative estimate of drug-likeness (QED) is 0.362. The number of aliphatic hydroxyl groups excluding tert-OH is 1. The van der Waals surface area contributed by atoms with Crippen LogP contribution in [0.15, 0.2) is 55.4 Å². The minimum atomic E-state index is -4.69. The van der Waals surface area contributed by atoms with E-state index in [-0.39, 0.29) is 35.3 Å². The van der Waals surface area contributed by atoms with Gasteiger partial charge in [0, 0.05) is 31.8 Å². The third-order valence-electron chi connectivity index (χ3n) is 6.12. The number of carbonyl (C=O) groups excluding carboxylic acids is 2. The second kappa shape index (κ2) is 10.3. The predicted octanol–water partition coefficient (Wildman–Crippen LogP) is 2.11. The Morgan fingerprint density at radius 1 is 1.10 bits per heavy atom. The molecule has 0 saturated carbocycles. The van der Waals surface area contributed by atoms with Crippen LogP contribution < -0.4 is 10.2 Å². The molecule has 40 heavy (non-hydrogen) atoms. The summed E-state index contributed by atoms with van der Waals surface area (Å²) in [7, 11) is 1.57. The molecule has 0 aromatic carbocycles. The van der Waals surface area contributed by atoms with Crippen molar-refractivity contribution >= 4 is 23.5 Å². The summed E-state index contributed by atoms with van der Waals surface area (Å²) in [5, 5.41) is 13.3. The van der Waals surface area contributed by atoms with Crippen LogP contribution in [0.2, 0.25) is 0 Å². The van der Waals surface area contributed by atoms with Crippen LogP contribution in [-0.2, 0) is 17.5 Å². The number of rotatable bonds is 6. The highest BCUT2D eigenvalue weighted by atomic mass is 19.4. The molecule has 0 spiro atoms. The highest BCUT2D eigenvalue weighted by Crippen LogP contribution is 2.31. The molecule has 2 amide bonds. The number of halogens is 3. The smallest absolute Gasteiger partial charge is 0.356 e. The lowest BCUT2D eigenvalue weighted by Gasteiger charge is -2.38. The van der Waals surface area contributed by atoms with Crippen molar-refractivity contribution in [2.75, 3.05) is 17.3 Å². The standard InChI is InChI=1S/C24H21F3N10O3/c1-13(20(38)34-16-6-8-29-18(33-16)14-9-30-22(31-10-14)24(25,26)27)37-12-32-19-17(37)21(39)36(23(40)35(19)2)11-15-5-3-4-7-28-15/h3-10,12-13,23,40H,11H2,1-2H3,(H,29,33,34,38). The molecule has 2 unspecified atom stereocenters. The number of carbonyl (C=O) groups is 2. The largest absolute Gasteiger partial charge is 0.451 e. The number of amides is 2. The highest BCUT2D eigenvalue weighted by Gasteiger charge is 2.40. The summed E-state index contributed by atoms with van der Waals surface area (Å²) in [6.45, 7) is 1.57. The molecule has 13 nitrogen and oxygen atoms in total. The molecule has 0 fully saturated rings. The van der Waals surface area contributed by atoms with Gasteiger partial charge in [0.2, 0.25) is 18.1 Å². The maximum Gasteiger partial charge on any atom is 0.451 e. The van der Waals surface area contributed by atoms with Gasteiger partial charge in [0.25, 0.3) is 5.91 Å². The van der Waals surface area contributed by atoms with Crippen LogP contribution in [0, 0.1) is 0 Å². The number of pyridine rings is 1. The van der Waals surface area contributed by atoms with Crippen LogP contribution in [0.5, 0.6) is 0 Å². The van der Waals surface area contributed by atoms with Crippen LogP contribution in [0.3, 0.4) is 0 Å². The number of anilines is 2. The van der Waals surface area contributed by atoms with E-state index in [4.69, 9.17) is 0 Å². The van der Waals surface area contributed by atoms with E-state index in [9.17, 15) is 27.9 Å². The number of nitrogens with one attached hydrogen (secondary N) is 1. The number of alkyl halides is 3. The van der Waals surface area contributed by atoms with Crippen molar-refractivity contribution in [3.63, 3.8) is 0 Å². The number of imidazole rings is 1. The molecule has 5 heterocycles. The minimum Gasteiger partial charge on any atom is -0.356 e. The summed E-state index contributed by atoms with van der Waals surface area (Å²) < 4.78 is 39.7. The topological polar surface area (TPSA) is 155 Å². The Kier molecular flexibility index (Phi) is 6.85. The zero-order valence-electron chi connectivity index (χ0n) is 21.0. The van der Waals surface area contributed by atoms with Crippen LogP contribution >= 0.6 is 0 Å². The summed E-state index contributed by atoms with van der Waals surface area (Å²) in [6, 6.07) is 5.66. The molecule has 0 saturated heterocycles. The van der Waals surface area contributed by atoms with Gasteiger partial charge < -0.3 is 19.9 Å². The van der Waals surface area contributed by atoms with E-state index >= 15 is 0 Å². The fourth-order valence-corrected chi connectivity index (χ4v) is 4.00. The first-order valence-corrected chi connectivity index (χ1v) is 11.8. The molecule has 206 valence electrons. The first-order valence-electron chi connectivity index (χ1n) is 11.8. The van der Waals surface area contributed by atoms with Gasteiger partial charge in [-0.05, 0) is 25.1 Å². The predicted molar refractivity (Wildman–Crippen MR) is 132 cm³/mol. The normalized spacial score (nSPS) is 16.1. The Bertz CT molecular complexity index is 1550. The highest BCUT2D eigenvalue weighted by molar-refractivity contribution is 6.01. The maximum absolute atomic E-state index is 13.4. The van der Waals surface area contributed by atoms with Gasteiger partial charge in [-0.3, -0.25) is 19.5 Å². The molecule has 5 rings (SSSR count). The second-order valence-electron chi connectivity index (χ2n) is 8.76. The molecule has 2 atom stereocenters. The van der Waals surface area contributed by atoms with Gasteiger partial charge in [0.1, 0.15) is 11.9 Å². The fraction of sp³-hybridized carbons (Fsp3) is 0.250. The molecule has 0 bridgehead atoms. The number of hydrogen-bond acceptors (Lipinski definition) is 10. The first kappa shape index (κ1) is 26.6. The summed E-state index contributed by atoms with van der Waals surface area (Å²) in [6.07, 6.45) is 0.0877. The number of fused-ring (bicyclic) bond motifs is 1. The lowest BCUT2D eigenvalue weighted by molar-refractivity contribution is -0.145. The zero-order valence-corrected chi connectivity index (χ0v) is 21.0. The number of nitrogens with zero attached hydrogens (tertiary/aromatic N) is 9. The molecule has 16 heteroatoms. The average molecular weight is 554 g/mol. The van der Waals surface area contributed by atoms with Crippen LogP contribution in [0.1, 0.15) is 35.0 Å². The molecule has 2 N–H and O–H groups in total. The van der Waals surface area contributed by atoms with Crippen molar-refractivity contribution in [2.24, 2.45) is 0 Å². The summed E-state index contributed by atoms with van der Waals surface area (Å²) in [5.74, 6) is -2.16. The number of aliphatic hydroxyl groups is 1. The molecule has 0 aliphatic carbocycles. The molecule has 1 aliphatic heterocycles. The SMILES string of the molecule is CC(C(=O)Nc1ccnc(-c2cnc(C(F)(F)F)nc2)n1)n1cnc2c1C(=O)N(Cc1ccccn1)C(O)N2C. The van der Waals surface area contributed by atoms with E-state index in [0.29, 0.717) is 5.69 Å². The lowest BCUT2D eigenvalue weighted by Crippen LogP contribution is -2.54. The Hall–Kier alpha value is -4.99. The summed E-state index contributed by atoms with van der Waals surface area (Å²) in [5.41, 5.74) is 0.763. The molecule has 4 aromatic heterocycles. The Balaban J connectivity index is 1.36. The third-order valence-corrected chi connectivity index (χ3v) is 6.12. The van der Waals surface area contributed by atoms with Gasteiger partial charge in [-0.15, -0.1) is 0 Å². The second-order valence-corrected chi connectivity index (χ2v) is 8.76. The van der Waals surface area contributed by atoms with Gasteiger partial charge in [-0.1, -0.05) is 6.07 Å². The first-order chi connectivity index (χ1) is 19.0. The molecular weight excluding hydrogens is 533 g/mol. The molecular formula is C24H21F3N10O3. The van der Waals surface area contributed by atoms with E-state index < -0.39 is 36.2 Å². The van der Waals surface area contributed by atoms with Crippen molar-refractivity contribution in [1.29, 1.82) is 0 Å². The van der Waals surface area contributed by atoms with Crippen molar-refractivity contribution in [2.45, 2.75) is 32.0 Å². The molecule has 0 radical (unpaired) electrons. The minimum absolute atomic E-state index is 0.00450. The zero-order chi connectivity index (χ0) is 28.6. The van der Waals surface area contributed by atoms with Crippen molar-refractivity contribution in [3.05, 3.63) is 72.6 Å². The average Bonchev–Trinajstić information content (AvgIpc) is 3.39. The molecule has 1 aliphatic rings. The van der Waals surface area contributed by atoms with Gasteiger partial charge in [0.05, 0.1) is 24.1 Å². The van der Waals surface area contributed by atoms with Gasteiger partial charge >= 0.3 is 6.18 Å². The van der Waals surface area contributed by atoms with Gasteiger partial charge in [-0.25, -0.2) is 24.9 Å².